The summed E-state index contributed by atoms with van der Waals surface area (Å²) >= 11 is 0. The highest BCUT2D eigenvalue weighted by atomic mass is 16.5. The summed E-state index contributed by atoms with van der Waals surface area (Å²) in [5.41, 5.74) is 3.11. The number of rotatable bonds is 4. The molecule has 1 aromatic heterocycles. The number of carbonyl (C=O) groups is 1. The van der Waals surface area contributed by atoms with Crippen molar-refractivity contribution in [1.82, 2.24) is 19.8 Å². The summed E-state index contributed by atoms with van der Waals surface area (Å²) in [6.45, 7) is 5.57. The number of nitrogens with zero attached hydrogens (tertiary/aromatic N) is 4. The summed E-state index contributed by atoms with van der Waals surface area (Å²) in [4.78, 5) is 25.7. The fraction of sp³-hybridized carbons (Fsp3) is 0.522. The van der Waals surface area contributed by atoms with Crippen LogP contribution in [0, 0.1) is 0 Å². The Kier molecular flexibility index (Phi) is 6.09. The molecule has 0 bridgehead atoms. The number of hydrogen-bond acceptors (Lipinski definition) is 5. The van der Waals surface area contributed by atoms with Gasteiger partial charge in [0.25, 0.3) is 0 Å². The van der Waals surface area contributed by atoms with Gasteiger partial charge in [0.1, 0.15) is 5.75 Å². The van der Waals surface area contributed by atoms with Gasteiger partial charge in [0.15, 0.2) is 0 Å². The van der Waals surface area contributed by atoms with Crippen LogP contribution in [0.4, 0.5) is 0 Å². The van der Waals surface area contributed by atoms with Gasteiger partial charge in [-0.2, -0.15) is 0 Å². The SMILES string of the molecule is COc1cccc(-c2nccnc2[C@@H]2CCCN(C3CCN(C(C)=O)CC3)C2)c1. The topological polar surface area (TPSA) is 58.6 Å². The Balaban J connectivity index is 1.51. The van der Waals surface area contributed by atoms with Crippen molar-refractivity contribution >= 4 is 5.91 Å². The van der Waals surface area contributed by atoms with Gasteiger partial charge < -0.3 is 9.64 Å². The molecular formula is C23H30N4O2. The van der Waals surface area contributed by atoms with Crippen molar-refractivity contribution in [2.24, 2.45) is 0 Å². The highest BCUT2D eigenvalue weighted by Gasteiger charge is 2.31. The molecule has 2 saturated heterocycles. The second-order valence-corrected chi connectivity index (χ2v) is 8.09. The van der Waals surface area contributed by atoms with Crippen LogP contribution in [0.1, 0.15) is 44.2 Å². The standard InChI is InChI=1S/C23H30N4O2/c1-17(28)26-13-8-20(9-14-26)27-12-4-6-19(16-27)23-22(24-10-11-25-23)18-5-3-7-21(15-18)29-2/h3,5,7,10-11,15,19-20H,4,6,8-9,12-14,16H2,1-2H3/t19-/m1/s1. The van der Waals surface area contributed by atoms with E-state index in [9.17, 15) is 4.79 Å². The van der Waals surface area contributed by atoms with Crippen molar-refractivity contribution in [2.75, 3.05) is 33.3 Å². The fourth-order valence-corrected chi connectivity index (χ4v) is 4.75. The molecule has 1 aromatic carbocycles. The van der Waals surface area contributed by atoms with Crippen molar-refractivity contribution in [3.05, 3.63) is 42.4 Å². The molecular weight excluding hydrogens is 364 g/mol. The lowest BCUT2D eigenvalue weighted by atomic mass is 9.89. The van der Waals surface area contributed by atoms with Crippen molar-refractivity contribution in [1.29, 1.82) is 0 Å². The maximum atomic E-state index is 11.6. The molecule has 0 unspecified atom stereocenters. The Hall–Kier alpha value is -2.47. The van der Waals surface area contributed by atoms with Gasteiger partial charge in [0.05, 0.1) is 18.5 Å². The number of likely N-dealkylation sites (tertiary alicyclic amines) is 2. The smallest absolute Gasteiger partial charge is 0.219 e. The molecule has 0 spiro atoms. The lowest BCUT2D eigenvalue weighted by Gasteiger charge is -2.42. The zero-order valence-corrected chi connectivity index (χ0v) is 17.4. The molecule has 0 aliphatic carbocycles. The van der Waals surface area contributed by atoms with Crippen LogP contribution in [0.25, 0.3) is 11.3 Å². The minimum absolute atomic E-state index is 0.197. The largest absolute Gasteiger partial charge is 0.497 e. The number of benzene rings is 1. The lowest BCUT2D eigenvalue weighted by molar-refractivity contribution is -0.130. The lowest BCUT2D eigenvalue weighted by Crippen LogP contribution is -2.49. The zero-order valence-electron chi connectivity index (χ0n) is 17.4. The van der Waals surface area contributed by atoms with E-state index in [1.807, 2.05) is 29.3 Å². The normalized spacial score (nSPS) is 21.2. The van der Waals surface area contributed by atoms with Gasteiger partial charge in [-0.3, -0.25) is 19.7 Å². The second-order valence-electron chi connectivity index (χ2n) is 8.09. The Morgan fingerprint density at radius 1 is 1.10 bits per heavy atom. The van der Waals surface area contributed by atoms with Crippen molar-refractivity contribution < 1.29 is 9.53 Å². The molecule has 2 aromatic rings. The first-order chi connectivity index (χ1) is 14.2. The van der Waals surface area contributed by atoms with E-state index < -0.39 is 0 Å². The van der Waals surface area contributed by atoms with E-state index in [-0.39, 0.29) is 5.91 Å². The number of methoxy groups -OCH3 is 1. The van der Waals surface area contributed by atoms with Gasteiger partial charge in [-0.15, -0.1) is 0 Å². The van der Waals surface area contributed by atoms with Crippen LogP contribution in [-0.4, -0.2) is 65.0 Å². The van der Waals surface area contributed by atoms with E-state index in [4.69, 9.17) is 9.72 Å². The van der Waals surface area contributed by atoms with E-state index in [0.717, 1.165) is 68.1 Å². The molecule has 6 nitrogen and oxygen atoms in total. The average molecular weight is 395 g/mol. The summed E-state index contributed by atoms with van der Waals surface area (Å²) < 4.78 is 5.40. The van der Waals surface area contributed by atoms with Crippen LogP contribution in [0.3, 0.4) is 0 Å². The minimum Gasteiger partial charge on any atom is -0.497 e. The molecule has 3 heterocycles. The maximum absolute atomic E-state index is 11.6. The van der Waals surface area contributed by atoms with Gasteiger partial charge >= 0.3 is 0 Å². The summed E-state index contributed by atoms with van der Waals surface area (Å²) in [7, 11) is 1.69. The first-order valence-corrected chi connectivity index (χ1v) is 10.6. The molecule has 2 aliphatic heterocycles. The summed E-state index contributed by atoms with van der Waals surface area (Å²) in [6.07, 6.45) is 8.02. The number of carbonyl (C=O) groups excluding carboxylic acids is 1. The molecule has 0 N–H and O–H groups in total. The molecule has 0 radical (unpaired) electrons. The third-order valence-corrected chi connectivity index (χ3v) is 6.34. The van der Waals surface area contributed by atoms with Crippen LogP contribution < -0.4 is 4.74 Å². The van der Waals surface area contributed by atoms with Gasteiger partial charge in [-0.05, 0) is 44.4 Å². The van der Waals surface area contributed by atoms with Gasteiger partial charge in [-0.25, -0.2) is 0 Å². The number of ether oxygens (including phenoxy) is 1. The molecule has 6 heteroatoms. The highest BCUT2D eigenvalue weighted by molar-refractivity contribution is 5.73. The predicted octanol–water partition coefficient (Wildman–Crippen LogP) is 3.34. The van der Waals surface area contributed by atoms with E-state index in [2.05, 4.69) is 16.0 Å². The van der Waals surface area contributed by atoms with E-state index in [1.54, 1.807) is 20.2 Å². The summed E-state index contributed by atoms with van der Waals surface area (Å²) in [6, 6.07) is 8.63. The van der Waals surface area contributed by atoms with Crippen LogP contribution in [0.5, 0.6) is 5.75 Å². The first kappa shape index (κ1) is 19.8. The Morgan fingerprint density at radius 2 is 1.90 bits per heavy atom. The van der Waals surface area contributed by atoms with E-state index in [0.29, 0.717) is 12.0 Å². The maximum Gasteiger partial charge on any atom is 0.219 e. The van der Waals surface area contributed by atoms with Gasteiger partial charge in [0, 0.05) is 56.5 Å². The van der Waals surface area contributed by atoms with Crippen molar-refractivity contribution in [3.8, 4) is 17.0 Å². The molecule has 29 heavy (non-hydrogen) atoms. The van der Waals surface area contributed by atoms with Crippen LogP contribution >= 0.6 is 0 Å². The predicted molar refractivity (Wildman–Crippen MR) is 113 cm³/mol. The molecule has 2 fully saturated rings. The van der Waals surface area contributed by atoms with E-state index >= 15 is 0 Å². The number of amides is 1. The second kappa shape index (κ2) is 8.91. The number of hydrogen-bond donors (Lipinski definition) is 0. The Morgan fingerprint density at radius 3 is 2.66 bits per heavy atom. The zero-order chi connectivity index (χ0) is 20.2. The quantitative estimate of drug-likeness (QED) is 0.796. The molecule has 1 atom stereocenters. The van der Waals surface area contributed by atoms with Gasteiger partial charge in [0.2, 0.25) is 5.91 Å². The van der Waals surface area contributed by atoms with Crippen LogP contribution in [0.15, 0.2) is 36.7 Å². The molecule has 154 valence electrons. The third-order valence-electron chi connectivity index (χ3n) is 6.34. The monoisotopic (exact) mass is 394 g/mol. The van der Waals surface area contributed by atoms with Crippen molar-refractivity contribution in [3.63, 3.8) is 0 Å². The molecule has 2 aliphatic rings. The molecule has 4 rings (SSSR count). The summed E-state index contributed by atoms with van der Waals surface area (Å²) in [5, 5.41) is 0. The average Bonchev–Trinajstić information content (AvgIpc) is 2.79. The van der Waals surface area contributed by atoms with E-state index in [1.165, 1.54) is 6.42 Å². The molecule has 1 amide bonds. The number of aromatic nitrogens is 2. The highest BCUT2D eigenvalue weighted by Crippen LogP contribution is 2.34. The van der Waals surface area contributed by atoms with Gasteiger partial charge in [-0.1, -0.05) is 12.1 Å². The molecule has 0 saturated carbocycles. The Labute approximate surface area is 172 Å². The fourth-order valence-electron chi connectivity index (χ4n) is 4.75. The van der Waals surface area contributed by atoms with Crippen molar-refractivity contribution in [2.45, 2.75) is 44.6 Å². The summed E-state index contributed by atoms with van der Waals surface area (Å²) in [5.74, 6) is 1.41. The van der Waals surface area contributed by atoms with Crippen LogP contribution in [0.2, 0.25) is 0 Å². The third kappa shape index (κ3) is 4.42. The minimum atomic E-state index is 0.197. The van der Waals surface area contributed by atoms with Crippen LogP contribution in [-0.2, 0) is 4.79 Å². The Bertz CT molecular complexity index is 848. The number of piperidine rings is 2. The first-order valence-electron chi connectivity index (χ1n) is 10.6.